The molecule has 0 aromatic carbocycles. The SMILES string of the molecule is FC1(F)CCN(c2cncc(-c3cn(Cc4cn5cc(CNCC6CCC6)ccc5n4)nn3)c2)C1. The van der Waals surface area contributed by atoms with Crippen molar-refractivity contribution in [3.8, 4) is 11.3 Å². The van der Waals surface area contributed by atoms with Crippen LogP contribution in [0.5, 0.6) is 0 Å². The summed E-state index contributed by atoms with van der Waals surface area (Å²) in [5.41, 5.74) is 5.07. The van der Waals surface area contributed by atoms with Gasteiger partial charge in [-0.05, 0) is 43.0 Å². The number of nitrogens with zero attached hydrogens (tertiary/aromatic N) is 7. The van der Waals surface area contributed by atoms with Crippen molar-refractivity contribution in [1.29, 1.82) is 0 Å². The number of pyridine rings is 2. The first kappa shape index (κ1) is 22.1. The number of fused-ring (bicyclic) bond motifs is 1. The number of aromatic nitrogens is 6. The third-order valence-corrected chi connectivity index (χ3v) is 6.97. The molecule has 5 heterocycles. The number of nitrogens with one attached hydrogen (secondary N) is 1. The molecule has 0 amide bonds. The maximum atomic E-state index is 13.6. The lowest BCUT2D eigenvalue weighted by Crippen LogP contribution is -2.26. The first-order valence-electron chi connectivity index (χ1n) is 12.2. The average molecular weight is 479 g/mol. The molecule has 4 aromatic rings. The molecule has 2 fully saturated rings. The number of anilines is 1. The van der Waals surface area contributed by atoms with E-state index in [0.29, 0.717) is 24.5 Å². The standard InChI is InChI=1S/C25H28F2N8/c26-25(27)6-7-33(17-25)22-8-20(11-29-12-22)23-16-35(32-31-23)15-21-14-34-13-19(4-5-24(34)30-21)10-28-9-18-2-1-3-18/h4-5,8,11-14,16,18,28H,1-3,6-7,9-10,15,17H2. The fourth-order valence-electron chi connectivity index (χ4n) is 4.76. The largest absolute Gasteiger partial charge is 0.364 e. The maximum Gasteiger partial charge on any atom is 0.266 e. The van der Waals surface area contributed by atoms with Crippen LogP contribution in [0.1, 0.15) is 36.9 Å². The molecule has 0 atom stereocenters. The van der Waals surface area contributed by atoms with Crippen molar-refractivity contribution in [2.75, 3.05) is 24.5 Å². The Kier molecular flexibility index (Phi) is 5.68. The molecule has 1 aliphatic carbocycles. The normalized spacial score (nSPS) is 17.8. The summed E-state index contributed by atoms with van der Waals surface area (Å²) in [5, 5.41) is 12.1. The van der Waals surface area contributed by atoms with Crippen LogP contribution in [0, 0.1) is 5.92 Å². The van der Waals surface area contributed by atoms with Crippen LogP contribution in [0.25, 0.3) is 16.9 Å². The van der Waals surface area contributed by atoms with E-state index in [-0.39, 0.29) is 13.0 Å². The average Bonchev–Trinajstić information content (AvgIpc) is 3.53. The van der Waals surface area contributed by atoms with Crippen LogP contribution in [0.4, 0.5) is 14.5 Å². The molecular weight excluding hydrogens is 450 g/mol. The number of hydrogen-bond acceptors (Lipinski definition) is 6. The van der Waals surface area contributed by atoms with E-state index in [0.717, 1.165) is 35.9 Å². The second kappa shape index (κ2) is 8.99. The van der Waals surface area contributed by atoms with Gasteiger partial charge in [-0.3, -0.25) is 4.98 Å². The van der Waals surface area contributed by atoms with Crippen LogP contribution in [-0.4, -0.2) is 54.9 Å². The molecule has 1 N–H and O–H groups in total. The third kappa shape index (κ3) is 4.88. The molecule has 6 rings (SSSR count). The zero-order chi connectivity index (χ0) is 23.8. The second-order valence-corrected chi connectivity index (χ2v) is 9.72. The lowest BCUT2D eigenvalue weighted by Gasteiger charge is -2.25. The highest BCUT2D eigenvalue weighted by atomic mass is 19.3. The van der Waals surface area contributed by atoms with Crippen molar-refractivity contribution in [2.45, 2.75) is 44.7 Å². The molecule has 4 aromatic heterocycles. The van der Waals surface area contributed by atoms with Gasteiger partial charge in [0.2, 0.25) is 0 Å². The lowest BCUT2D eigenvalue weighted by molar-refractivity contribution is 0.0257. The molecule has 35 heavy (non-hydrogen) atoms. The number of hydrogen-bond donors (Lipinski definition) is 1. The minimum Gasteiger partial charge on any atom is -0.364 e. The number of imidazole rings is 1. The van der Waals surface area contributed by atoms with Gasteiger partial charge in [0.1, 0.15) is 11.3 Å². The Balaban J connectivity index is 1.12. The highest BCUT2D eigenvalue weighted by Crippen LogP contribution is 2.32. The van der Waals surface area contributed by atoms with Gasteiger partial charge in [-0.2, -0.15) is 0 Å². The van der Waals surface area contributed by atoms with Gasteiger partial charge in [-0.1, -0.05) is 17.7 Å². The molecule has 1 saturated heterocycles. The minimum atomic E-state index is -2.65. The number of rotatable bonds is 8. The molecule has 0 spiro atoms. The highest BCUT2D eigenvalue weighted by Gasteiger charge is 2.38. The highest BCUT2D eigenvalue weighted by molar-refractivity contribution is 5.63. The number of halogens is 2. The Morgan fingerprint density at radius 3 is 2.83 bits per heavy atom. The van der Waals surface area contributed by atoms with Crippen LogP contribution in [0.3, 0.4) is 0 Å². The summed E-state index contributed by atoms with van der Waals surface area (Å²) in [6, 6.07) is 5.99. The fraction of sp³-hybridized carbons (Fsp3) is 0.440. The van der Waals surface area contributed by atoms with Crippen molar-refractivity contribution in [1.82, 2.24) is 34.7 Å². The lowest BCUT2D eigenvalue weighted by atomic mass is 9.85. The summed E-state index contributed by atoms with van der Waals surface area (Å²) in [6.45, 7) is 2.46. The zero-order valence-electron chi connectivity index (χ0n) is 19.4. The molecule has 182 valence electrons. The van der Waals surface area contributed by atoms with Gasteiger partial charge in [-0.25, -0.2) is 18.4 Å². The topological polar surface area (TPSA) is 76.2 Å². The summed E-state index contributed by atoms with van der Waals surface area (Å²) in [6.07, 6.45) is 13.2. The molecule has 0 radical (unpaired) electrons. The van der Waals surface area contributed by atoms with Gasteiger partial charge in [0, 0.05) is 43.7 Å². The molecule has 10 heteroatoms. The predicted octanol–water partition coefficient (Wildman–Crippen LogP) is 3.77. The van der Waals surface area contributed by atoms with Crippen molar-refractivity contribution in [3.63, 3.8) is 0 Å². The van der Waals surface area contributed by atoms with E-state index in [1.165, 1.54) is 24.8 Å². The Labute approximate surface area is 202 Å². The minimum absolute atomic E-state index is 0.134. The zero-order valence-corrected chi connectivity index (χ0v) is 19.4. The Bertz CT molecular complexity index is 1330. The van der Waals surface area contributed by atoms with Crippen LogP contribution in [0.15, 0.2) is 49.2 Å². The predicted molar refractivity (Wildman–Crippen MR) is 128 cm³/mol. The third-order valence-electron chi connectivity index (χ3n) is 6.97. The quantitative estimate of drug-likeness (QED) is 0.416. The molecular formula is C25H28F2N8. The van der Waals surface area contributed by atoms with Crippen LogP contribution in [-0.2, 0) is 13.1 Å². The van der Waals surface area contributed by atoms with E-state index in [2.05, 4.69) is 32.9 Å². The van der Waals surface area contributed by atoms with Crippen molar-refractivity contribution in [3.05, 3.63) is 60.4 Å². The molecule has 0 unspecified atom stereocenters. The van der Waals surface area contributed by atoms with Gasteiger partial charge in [0.25, 0.3) is 5.92 Å². The molecule has 0 bridgehead atoms. The maximum absolute atomic E-state index is 13.6. The Morgan fingerprint density at radius 2 is 2.03 bits per heavy atom. The first-order valence-corrected chi connectivity index (χ1v) is 12.2. The van der Waals surface area contributed by atoms with E-state index < -0.39 is 5.92 Å². The summed E-state index contributed by atoms with van der Waals surface area (Å²) in [4.78, 5) is 10.6. The van der Waals surface area contributed by atoms with Crippen LogP contribution >= 0.6 is 0 Å². The van der Waals surface area contributed by atoms with E-state index in [1.54, 1.807) is 22.0 Å². The Hall–Kier alpha value is -3.40. The summed E-state index contributed by atoms with van der Waals surface area (Å²) >= 11 is 0. The first-order chi connectivity index (χ1) is 17.0. The van der Waals surface area contributed by atoms with E-state index in [9.17, 15) is 8.78 Å². The fourth-order valence-corrected chi connectivity index (χ4v) is 4.76. The van der Waals surface area contributed by atoms with Crippen molar-refractivity contribution in [2.24, 2.45) is 5.92 Å². The summed E-state index contributed by atoms with van der Waals surface area (Å²) in [7, 11) is 0. The summed E-state index contributed by atoms with van der Waals surface area (Å²) < 4.78 is 31.0. The van der Waals surface area contributed by atoms with Gasteiger partial charge in [0.15, 0.2) is 0 Å². The number of alkyl halides is 2. The smallest absolute Gasteiger partial charge is 0.266 e. The van der Waals surface area contributed by atoms with E-state index in [1.807, 2.05) is 28.9 Å². The van der Waals surface area contributed by atoms with E-state index >= 15 is 0 Å². The molecule has 1 saturated carbocycles. The molecule has 8 nitrogen and oxygen atoms in total. The van der Waals surface area contributed by atoms with Crippen molar-refractivity contribution >= 4 is 11.3 Å². The van der Waals surface area contributed by atoms with Crippen LogP contribution < -0.4 is 10.2 Å². The van der Waals surface area contributed by atoms with Crippen LogP contribution in [0.2, 0.25) is 0 Å². The van der Waals surface area contributed by atoms with Gasteiger partial charge >= 0.3 is 0 Å². The summed E-state index contributed by atoms with van der Waals surface area (Å²) in [5.74, 6) is -1.81. The molecule has 1 aliphatic heterocycles. The van der Waals surface area contributed by atoms with Gasteiger partial charge < -0.3 is 14.6 Å². The second-order valence-electron chi connectivity index (χ2n) is 9.72. The molecule has 2 aliphatic rings. The van der Waals surface area contributed by atoms with Crippen molar-refractivity contribution < 1.29 is 8.78 Å². The van der Waals surface area contributed by atoms with Gasteiger partial charge in [-0.15, -0.1) is 5.10 Å². The van der Waals surface area contributed by atoms with Gasteiger partial charge in [0.05, 0.1) is 36.9 Å². The monoisotopic (exact) mass is 478 g/mol. The van der Waals surface area contributed by atoms with E-state index in [4.69, 9.17) is 4.98 Å². The Morgan fingerprint density at radius 1 is 1.11 bits per heavy atom.